The molecule has 4 nitrogen and oxygen atoms in total. The number of pyridine rings is 1. The van der Waals surface area contributed by atoms with Crippen LogP contribution in [0.15, 0.2) is 18.3 Å². The SMILES string of the molecule is CC(C)Oc1ncccc1NCC(C)(C)CCC#N. The average Bonchev–Trinajstić information content (AvgIpc) is 2.35. The Morgan fingerprint density at radius 3 is 2.84 bits per heavy atom. The predicted octanol–water partition coefficient (Wildman–Crippen LogP) is 3.61. The Morgan fingerprint density at radius 2 is 2.21 bits per heavy atom. The summed E-state index contributed by atoms with van der Waals surface area (Å²) < 4.78 is 5.67. The van der Waals surface area contributed by atoms with E-state index in [0.717, 1.165) is 18.7 Å². The van der Waals surface area contributed by atoms with Crippen molar-refractivity contribution in [3.63, 3.8) is 0 Å². The lowest BCUT2D eigenvalue weighted by Crippen LogP contribution is -2.23. The van der Waals surface area contributed by atoms with Crippen LogP contribution in [0.5, 0.6) is 5.88 Å². The van der Waals surface area contributed by atoms with E-state index in [1.807, 2.05) is 26.0 Å². The average molecular weight is 261 g/mol. The van der Waals surface area contributed by atoms with Gasteiger partial charge in [0.05, 0.1) is 17.9 Å². The molecule has 0 aliphatic carbocycles. The first-order chi connectivity index (χ1) is 8.94. The molecule has 1 rings (SSSR count). The van der Waals surface area contributed by atoms with E-state index in [4.69, 9.17) is 10.00 Å². The minimum absolute atomic E-state index is 0.0701. The Hall–Kier alpha value is -1.76. The molecule has 0 saturated heterocycles. The summed E-state index contributed by atoms with van der Waals surface area (Å²) in [6, 6.07) is 6.04. The highest BCUT2D eigenvalue weighted by atomic mass is 16.5. The van der Waals surface area contributed by atoms with Crippen LogP contribution in [0, 0.1) is 16.7 Å². The number of hydrogen-bond donors (Lipinski definition) is 1. The summed E-state index contributed by atoms with van der Waals surface area (Å²) in [5.74, 6) is 0.633. The van der Waals surface area contributed by atoms with Crippen LogP contribution >= 0.6 is 0 Å². The summed E-state index contributed by atoms with van der Waals surface area (Å²) in [7, 11) is 0. The smallest absolute Gasteiger partial charge is 0.237 e. The third-order valence-electron chi connectivity index (χ3n) is 2.79. The van der Waals surface area contributed by atoms with Gasteiger partial charge in [0.1, 0.15) is 0 Å². The zero-order valence-corrected chi connectivity index (χ0v) is 12.2. The number of ether oxygens (including phenoxy) is 1. The van der Waals surface area contributed by atoms with Crippen LogP contribution in [0.25, 0.3) is 0 Å². The van der Waals surface area contributed by atoms with E-state index in [1.54, 1.807) is 6.20 Å². The van der Waals surface area contributed by atoms with Gasteiger partial charge in [0.25, 0.3) is 0 Å². The molecule has 1 aromatic heterocycles. The van der Waals surface area contributed by atoms with Crippen LogP contribution in [0.3, 0.4) is 0 Å². The van der Waals surface area contributed by atoms with Gasteiger partial charge in [-0.3, -0.25) is 0 Å². The van der Waals surface area contributed by atoms with Crippen molar-refractivity contribution in [2.45, 2.75) is 46.6 Å². The fraction of sp³-hybridized carbons (Fsp3) is 0.600. The van der Waals surface area contributed by atoms with Crippen molar-refractivity contribution in [2.24, 2.45) is 5.41 Å². The lowest BCUT2D eigenvalue weighted by molar-refractivity contribution is 0.233. The van der Waals surface area contributed by atoms with Crippen molar-refractivity contribution in [3.8, 4) is 11.9 Å². The molecule has 0 fully saturated rings. The number of nitriles is 1. The monoisotopic (exact) mass is 261 g/mol. The number of hydrogen-bond acceptors (Lipinski definition) is 4. The Balaban J connectivity index is 2.64. The maximum Gasteiger partial charge on any atom is 0.237 e. The molecule has 0 atom stereocenters. The fourth-order valence-corrected chi connectivity index (χ4v) is 1.66. The van der Waals surface area contributed by atoms with Gasteiger partial charge in [0.2, 0.25) is 5.88 Å². The van der Waals surface area contributed by atoms with Gasteiger partial charge in [-0.05, 0) is 37.8 Å². The van der Waals surface area contributed by atoms with Crippen LogP contribution in [0.2, 0.25) is 0 Å². The van der Waals surface area contributed by atoms with Gasteiger partial charge in [0.15, 0.2) is 0 Å². The Labute approximate surface area is 115 Å². The number of aromatic nitrogens is 1. The maximum absolute atomic E-state index is 8.66. The highest BCUT2D eigenvalue weighted by Crippen LogP contribution is 2.26. The molecule has 0 aromatic carbocycles. The van der Waals surface area contributed by atoms with Gasteiger partial charge >= 0.3 is 0 Å². The molecule has 0 aliphatic rings. The predicted molar refractivity (Wildman–Crippen MR) is 77.1 cm³/mol. The minimum Gasteiger partial charge on any atom is -0.473 e. The highest BCUT2D eigenvalue weighted by Gasteiger charge is 2.18. The molecular formula is C15H23N3O. The summed E-state index contributed by atoms with van der Waals surface area (Å²) in [4.78, 5) is 4.24. The molecule has 0 amide bonds. The molecule has 0 saturated carbocycles. The van der Waals surface area contributed by atoms with Crippen LogP contribution < -0.4 is 10.1 Å². The number of rotatable bonds is 7. The molecule has 0 bridgehead atoms. The first-order valence-corrected chi connectivity index (χ1v) is 6.67. The lowest BCUT2D eigenvalue weighted by atomic mass is 9.88. The summed E-state index contributed by atoms with van der Waals surface area (Å²) in [6.45, 7) is 9.05. The maximum atomic E-state index is 8.66. The molecule has 1 heterocycles. The van der Waals surface area contributed by atoms with Crippen molar-refractivity contribution in [2.75, 3.05) is 11.9 Å². The number of anilines is 1. The van der Waals surface area contributed by atoms with E-state index in [0.29, 0.717) is 12.3 Å². The van der Waals surface area contributed by atoms with E-state index in [9.17, 15) is 0 Å². The van der Waals surface area contributed by atoms with Gasteiger partial charge in [0, 0.05) is 19.2 Å². The lowest BCUT2D eigenvalue weighted by Gasteiger charge is -2.25. The quantitative estimate of drug-likeness (QED) is 0.814. The highest BCUT2D eigenvalue weighted by molar-refractivity contribution is 5.52. The summed E-state index contributed by atoms with van der Waals surface area (Å²) in [5.41, 5.74) is 0.974. The first kappa shape index (κ1) is 15.3. The Bertz CT molecular complexity index is 435. The van der Waals surface area contributed by atoms with E-state index < -0.39 is 0 Å². The summed E-state index contributed by atoms with van der Waals surface area (Å²) in [6.07, 6.45) is 3.28. The van der Waals surface area contributed by atoms with Crippen molar-refractivity contribution in [3.05, 3.63) is 18.3 Å². The Kier molecular flexibility index (Phi) is 5.62. The second kappa shape index (κ2) is 6.98. The molecule has 19 heavy (non-hydrogen) atoms. The van der Waals surface area contributed by atoms with Crippen molar-refractivity contribution in [1.82, 2.24) is 4.98 Å². The van der Waals surface area contributed by atoms with Crippen LogP contribution in [-0.4, -0.2) is 17.6 Å². The van der Waals surface area contributed by atoms with Gasteiger partial charge in [-0.15, -0.1) is 0 Å². The summed E-state index contributed by atoms with van der Waals surface area (Å²) in [5, 5.41) is 12.0. The van der Waals surface area contributed by atoms with E-state index in [1.165, 1.54) is 0 Å². The fourth-order valence-electron chi connectivity index (χ4n) is 1.66. The molecule has 0 radical (unpaired) electrons. The van der Waals surface area contributed by atoms with Gasteiger partial charge < -0.3 is 10.1 Å². The van der Waals surface area contributed by atoms with Crippen molar-refractivity contribution >= 4 is 5.69 Å². The number of nitrogens with zero attached hydrogens (tertiary/aromatic N) is 2. The molecule has 0 unspecified atom stereocenters. The molecule has 4 heteroatoms. The molecule has 0 spiro atoms. The molecular weight excluding hydrogens is 238 g/mol. The van der Waals surface area contributed by atoms with Crippen LogP contribution in [-0.2, 0) is 0 Å². The Morgan fingerprint density at radius 1 is 1.47 bits per heavy atom. The second-order valence-electron chi connectivity index (χ2n) is 5.70. The molecule has 1 aromatic rings. The minimum atomic E-state index is 0.0701. The largest absolute Gasteiger partial charge is 0.473 e. The van der Waals surface area contributed by atoms with Gasteiger partial charge in [-0.25, -0.2) is 4.98 Å². The molecule has 0 aliphatic heterocycles. The third kappa shape index (κ3) is 5.60. The molecule has 104 valence electrons. The van der Waals surface area contributed by atoms with Crippen LogP contribution in [0.4, 0.5) is 5.69 Å². The second-order valence-corrected chi connectivity index (χ2v) is 5.70. The standard InChI is InChI=1S/C15H23N3O/c1-12(2)19-14-13(7-5-10-17-14)18-11-15(3,4)8-6-9-16/h5,7,10,12,18H,6,8,11H2,1-4H3. The molecule has 1 N–H and O–H groups in total. The van der Waals surface area contributed by atoms with E-state index in [2.05, 4.69) is 30.2 Å². The van der Waals surface area contributed by atoms with Crippen molar-refractivity contribution < 1.29 is 4.74 Å². The normalized spacial score (nSPS) is 11.2. The van der Waals surface area contributed by atoms with Crippen LogP contribution in [0.1, 0.15) is 40.5 Å². The zero-order valence-electron chi connectivity index (χ0n) is 12.2. The van der Waals surface area contributed by atoms with E-state index in [-0.39, 0.29) is 11.5 Å². The first-order valence-electron chi connectivity index (χ1n) is 6.67. The van der Waals surface area contributed by atoms with Gasteiger partial charge in [-0.1, -0.05) is 13.8 Å². The topological polar surface area (TPSA) is 57.9 Å². The van der Waals surface area contributed by atoms with Gasteiger partial charge in [-0.2, -0.15) is 5.26 Å². The van der Waals surface area contributed by atoms with Crippen molar-refractivity contribution in [1.29, 1.82) is 5.26 Å². The third-order valence-corrected chi connectivity index (χ3v) is 2.79. The number of nitrogens with one attached hydrogen (secondary N) is 1. The zero-order chi connectivity index (χ0) is 14.3. The summed E-state index contributed by atoms with van der Waals surface area (Å²) >= 11 is 0. The van der Waals surface area contributed by atoms with E-state index >= 15 is 0 Å².